The number of aromatic nitrogens is 2. The molecular formula is C13H18N4OS. The van der Waals surface area contributed by atoms with Crippen LogP contribution in [0.1, 0.15) is 11.9 Å². The maximum Gasteiger partial charge on any atom is 0.203 e. The third-order valence-corrected chi connectivity index (χ3v) is 3.37. The van der Waals surface area contributed by atoms with Gasteiger partial charge < -0.3 is 15.8 Å². The summed E-state index contributed by atoms with van der Waals surface area (Å²) in [4.78, 5) is 0. The summed E-state index contributed by atoms with van der Waals surface area (Å²) in [5.74, 6) is 0.896. The average molecular weight is 278 g/mol. The maximum atomic E-state index is 5.67. The van der Waals surface area contributed by atoms with Crippen LogP contribution in [0.15, 0.2) is 30.3 Å². The van der Waals surface area contributed by atoms with Crippen molar-refractivity contribution in [1.82, 2.24) is 15.5 Å². The van der Waals surface area contributed by atoms with Crippen molar-refractivity contribution in [2.45, 2.75) is 19.4 Å². The molecule has 0 aliphatic rings. The Morgan fingerprint density at radius 1 is 1.32 bits per heavy atom. The molecule has 0 spiro atoms. The average Bonchev–Trinajstić information content (AvgIpc) is 2.83. The number of hydrogen-bond acceptors (Lipinski definition) is 6. The Labute approximate surface area is 116 Å². The minimum absolute atomic E-state index is 0.283. The Kier molecular flexibility index (Phi) is 5.11. The van der Waals surface area contributed by atoms with Crippen LogP contribution in [0, 0.1) is 0 Å². The quantitative estimate of drug-likeness (QED) is 0.807. The van der Waals surface area contributed by atoms with Gasteiger partial charge in [-0.2, -0.15) is 0 Å². The Hall–Kier alpha value is -1.66. The standard InChI is InChI=1S/C13H18N4OS/c1-10(9-18-11-5-3-2-4-6-11)15-8-7-12-16-17-13(14)19-12/h2-6,10,15H,7-9H2,1H3,(H2,14,17)/t10-/m0/s1. The summed E-state index contributed by atoms with van der Waals surface area (Å²) < 4.78 is 5.67. The highest BCUT2D eigenvalue weighted by Crippen LogP contribution is 2.11. The smallest absolute Gasteiger partial charge is 0.203 e. The molecule has 1 heterocycles. The van der Waals surface area contributed by atoms with Gasteiger partial charge in [0, 0.05) is 19.0 Å². The minimum atomic E-state index is 0.283. The molecular weight excluding hydrogens is 260 g/mol. The van der Waals surface area contributed by atoms with Crippen LogP contribution in [0.4, 0.5) is 5.13 Å². The first-order valence-corrected chi connectivity index (χ1v) is 7.05. The number of ether oxygens (including phenoxy) is 1. The molecule has 0 aliphatic heterocycles. The second kappa shape index (κ2) is 7.06. The van der Waals surface area contributed by atoms with Crippen LogP contribution in [0.5, 0.6) is 5.75 Å². The van der Waals surface area contributed by atoms with Gasteiger partial charge in [-0.25, -0.2) is 0 Å². The van der Waals surface area contributed by atoms with Crippen molar-refractivity contribution in [2.75, 3.05) is 18.9 Å². The molecule has 1 atom stereocenters. The molecule has 0 saturated carbocycles. The number of anilines is 1. The largest absolute Gasteiger partial charge is 0.492 e. The zero-order valence-corrected chi connectivity index (χ0v) is 11.7. The first-order chi connectivity index (χ1) is 9.24. The first-order valence-electron chi connectivity index (χ1n) is 6.23. The van der Waals surface area contributed by atoms with Crippen LogP contribution >= 0.6 is 11.3 Å². The summed E-state index contributed by atoms with van der Waals surface area (Å²) in [6.07, 6.45) is 0.838. The van der Waals surface area contributed by atoms with Crippen molar-refractivity contribution in [2.24, 2.45) is 0 Å². The van der Waals surface area contributed by atoms with Crippen LogP contribution in [-0.4, -0.2) is 29.4 Å². The highest BCUT2D eigenvalue weighted by molar-refractivity contribution is 7.15. The summed E-state index contributed by atoms with van der Waals surface area (Å²) >= 11 is 1.43. The Balaban J connectivity index is 1.63. The van der Waals surface area contributed by atoms with E-state index in [0.29, 0.717) is 11.7 Å². The SMILES string of the molecule is C[C@@H](COc1ccccc1)NCCc1nnc(N)s1. The van der Waals surface area contributed by atoms with Crippen LogP contribution < -0.4 is 15.8 Å². The van der Waals surface area contributed by atoms with Crippen molar-refractivity contribution in [3.63, 3.8) is 0 Å². The van der Waals surface area contributed by atoms with Crippen LogP contribution in [0.2, 0.25) is 0 Å². The van der Waals surface area contributed by atoms with E-state index < -0.39 is 0 Å². The number of nitrogens with zero attached hydrogens (tertiary/aromatic N) is 2. The molecule has 0 saturated heterocycles. The van der Waals surface area contributed by atoms with Crippen LogP contribution in [-0.2, 0) is 6.42 Å². The monoisotopic (exact) mass is 278 g/mol. The van der Waals surface area contributed by atoms with E-state index in [0.717, 1.165) is 23.7 Å². The summed E-state index contributed by atoms with van der Waals surface area (Å²) in [5, 5.41) is 12.6. The van der Waals surface area contributed by atoms with Gasteiger partial charge in [-0.05, 0) is 19.1 Å². The van der Waals surface area contributed by atoms with Crippen molar-refractivity contribution < 1.29 is 4.74 Å². The molecule has 6 heteroatoms. The van der Waals surface area contributed by atoms with Gasteiger partial charge >= 0.3 is 0 Å². The predicted octanol–water partition coefficient (Wildman–Crippen LogP) is 1.72. The molecule has 0 amide bonds. The van der Waals surface area contributed by atoms with Crippen molar-refractivity contribution in [3.8, 4) is 5.75 Å². The van der Waals surface area contributed by atoms with Gasteiger partial charge in [-0.3, -0.25) is 0 Å². The molecule has 19 heavy (non-hydrogen) atoms. The predicted molar refractivity (Wildman–Crippen MR) is 77.4 cm³/mol. The molecule has 1 aromatic carbocycles. The lowest BCUT2D eigenvalue weighted by Gasteiger charge is -2.14. The normalized spacial score (nSPS) is 12.3. The van der Waals surface area contributed by atoms with Crippen molar-refractivity contribution in [3.05, 3.63) is 35.3 Å². The van der Waals surface area contributed by atoms with Crippen LogP contribution in [0.3, 0.4) is 0 Å². The highest BCUT2D eigenvalue weighted by Gasteiger charge is 2.04. The van der Waals surface area contributed by atoms with E-state index in [2.05, 4.69) is 22.4 Å². The molecule has 102 valence electrons. The fourth-order valence-electron chi connectivity index (χ4n) is 1.59. The van der Waals surface area contributed by atoms with Gasteiger partial charge in [0.25, 0.3) is 0 Å². The fourth-order valence-corrected chi connectivity index (χ4v) is 2.20. The fraction of sp³-hybridized carbons (Fsp3) is 0.385. The Morgan fingerprint density at radius 2 is 2.11 bits per heavy atom. The molecule has 2 rings (SSSR count). The molecule has 0 fully saturated rings. The maximum absolute atomic E-state index is 5.67. The van der Waals surface area contributed by atoms with Gasteiger partial charge in [0.2, 0.25) is 5.13 Å². The third kappa shape index (κ3) is 4.84. The number of para-hydroxylation sites is 1. The summed E-state index contributed by atoms with van der Waals surface area (Å²) in [7, 11) is 0. The lowest BCUT2D eigenvalue weighted by atomic mass is 10.3. The van der Waals surface area contributed by atoms with E-state index in [1.54, 1.807) is 0 Å². The lowest BCUT2D eigenvalue weighted by molar-refractivity contribution is 0.274. The molecule has 5 nitrogen and oxygen atoms in total. The topological polar surface area (TPSA) is 73.1 Å². The van der Waals surface area contributed by atoms with Crippen molar-refractivity contribution >= 4 is 16.5 Å². The second-order valence-corrected chi connectivity index (χ2v) is 5.36. The van der Waals surface area contributed by atoms with Gasteiger partial charge in [-0.1, -0.05) is 29.5 Å². The van der Waals surface area contributed by atoms with Gasteiger partial charge in [-0.15, -0.1) is 10.2 Å². The zero-order chi connectivity index (χ0) is 13.5. The minimum Gasteiger partial charge on any atom is -0.492 e. The molecule has 0 radical (unpaired) electrons. The third-order valence-electron chi connectivity index (χ3n) is 2.56. The molecule has 2 aromatic rings. The lowest BCUT2D eigenvalue weighted by Crippen LogP contribution is -2.33. The van der Waals surface area contributed by atoms with E-state index in [1.807, 2.05) is 30.3 Å². The highest BCUT2D eigenvalue weighted by atomic mass is 32.1. The molecule has 0 unspecified atom stereocenters. The van der Waals surface area contributed by atoms with Crippen molar-refractivity contribution in [1.29, 1.82) is 0 Å². The first kappa shape index (κ1) is 13.8. The van der Waals surface area contributed by atoms with Gasteiger partial charge in [0.05, 0.1) is 0 Å². The summed E-state index contributed by atoms with van der Waals surface area (Å²) in [5.41, 5.74) is 5.53. The van der Waals surface area contributed by atoms with E-state index >= 15 is 0 Å². The van der Waals surface area contributed by atoms with E-state index in [9.17, 15) is 0 Å². The number of rotatable bonds is 7. The molecule has 0 aliphatic carbocycles. The molecule has 1 aromatic heterocycles. The van der Waals surface area contributed by atoms with E-state index in [-0.39, 0.29) is 6.04 Å². The molecule has 0 bridgehead atoms. The van der Waals surface area contributed by atoms with E-state index in [1.165, 1.54) is 11.3 Å². The van der Waals surface area contributed by atoms with Gasteiger partial charge in [0.1, 0.15) is 17.4 Å². The second-order valence-electron chi connectivity index (χ2n) is 4.26. The Morgan fingerprint density at radius 3 is 2.79 bits per heavy atom. The molecule has 3 N–H and O–H groups in total. The number of nitrogens with one attached hydrogen (secondary N) is 1. The zero-order valence-electron chi connectivity index (χ0n) is 10.9. The summed E-state index contributed by atoms with van der Waals surface area (Å²) in [6.45, 7) is 3.58. The Bertz CT molecular complexity index is 488. The summed E-state index contributed by atoms with van der Waals surface area (Å²) in [6, 6.07) is 10.1. The number of benzene rings is 1. The number of hydrogen-bond donors (Lipinski definition) is 2. The number of nitrogen functional groups attached to an aromatic ring is 1. The van der Waals surface area contributed by atoms with Crippen LogP contribution in [0.25, 0.3) is 0 Å². The van der Waals surface area contributed by atoms with E-state index in [4.69, 9.17) is 10.5 Å². The number of nitrogens with two attached hydrogens (primary N) is 1. The van der Waals surface area contributed by atoms with Gasteiger partial charge in [0.15, 0.2) is 0 Å².